The van der Waals surface area contributed by atoms with Crippen LogP contribution in [0.3, 0.4) is 0 Å². The molecule has 3 aromatic rings. The summed E-state index contributed by atoms with van der Waals surface area (Å²) >= 11 is 0. The Labute approximate surface area is 191 Å². The van der Waals surface area contributed by atoms with Crippen molar-refractivity contribution in [2.24, 2.45) is 0 Å². The van der Waals surface area contributed by atoms with E-state index < -0.39 is 27.2 Å². The second-order valence-corrected chi connectivity index (χ2v) is 10.3. The predicted molar refractivity (Wildman–Crippen MR) is 119 cm³/mol. The van der Waals surface area contributed by atoms with Crippen molar-refractivity contribution in [3.8, 4) is 17.2 Å². The number of aromatic nitrogens is 1. The smallest absolute Gasteiger partial charge is 0.260 e. The van der Waals surface area contributed by atoms with E-state index in [2.05, 4.69) is 0 Å². The van der Waals surface area contributed by atoms with Crippen molar-refractivity contribution >= 4 is 15.7 Å². The van der Waals surface area contributed by atoms with Crippen LogP contribution in [0.5, 0.6) is 11.5 Å². The van der Waals surface area contributed by atoms with Gasteiger partial charge in [-0.15, -0.1) is 0 Å². The predicted octanol–water partition coefficient (Wildman–Crippen LogP) is 3.55. The summed E-state index contributed by atoms with van der Waals surface area (Å²) in [6.45, 7) is 0.635. The van der Waals surface area contributed by atoms with Gasteiger partial charge in [-0.05, 0) is 36.4 Å². The normalized spacial score (nSPS) is 16.6. The Bertz CT molecular complexity index is 1360. The molecule has 3 heterocycles. The van der Waals surface area contributed by atoms with Gasteiger partial charge in [0.25, 0.3) is 5.91 Å². The molecule has 2 aliphatic rings. The molecule has 2 aromatic carbocycles. The van der Waals surface area contributed by atoms with Crippen molar-refractivity contribution < 1.29 is 27.1 Å². The van der Waals surface area contributed by atoms with E-state index in [1.165, 1.54) is 25.5 Å². The maximum Gasteiger partial charge on any atom is 0.260 e. The number of benzene rings is 2. The lowest BCUT2D eigenvalue weighted by Gasteiger charge is -2.45. The fourth-order valence-corrected chi connectivity index (χ4v) is 5.62. The van der Waals surface area contributed by atoms with E-state index in [1.807, 2.05) is 24.3 Å². The number of ether oxygens (including phenoxy) is 2. The van der Waals surface area contributed by atoms with Gasteiger partial charge in [0.05, 0.1) is 18.5 Å². The summed E-state index contributed by atoms with van der Waals surface area (Å²) in [5.74, 6) is -0.297. The van der Waals surface area contributed by atoms with Crippen molar-refractivity contribution in [2.75, 3.05) is 26.5 Å². The minimum absolute atomic E-state index is 0.0893. The quantitative estimate of drug-likeness (QED) is 0.585. The number of likely N-dealkylation sites (tertiary alicyclic amines) is 1. The Hall–Kier alpha value is -3.33. The Balaban J connectivity index is 1.50. The minimum atomic E-state index is -3.48. The number of methoxy groups -OCH3 is 1. The van der Waals surface area contributed by atoms with Gasteiger partial charge in [-0.2, -0.15) is 0 Å². The van der Waals surface area contributed by atoms with E-state index in [9.17, 15) is 17.6 Å². The SMILES string of the molecule is COc1cccc(F)c1C(=O)N1CCC2(CC1)Oc1ccccc1-n1c2ccc1S(C)(=O)=O. The first kappa shape index (κ1) is 21.5. The Morgan fingerprint density at radius 2 is 1.79 bits per heavy atom. The van der Waals surface area contributed by atoms with Crippen LogP contribution in [0.1, 0.15) is 28.9 Å². The molecule has 172 valence electrons. The average Bonchev–Trinajstić information content (AvgIpc) is 3.26. The first-order chi connectivity index (χ1) is 15.7. The summed E-state index contributed by atoms with van der Waals surface area (Å²) in [6, 6.07) is 15.0. The molecule has 0 radical (unpaired) electrons. The molecule has 0 unspecified atom stereocenters. The summed E-state index contributed by atoms with van der Waals surface area (Å²) in [7, 11) is -2.08. The van der Waals surface area contributed by atoms with E-state index >= 15 is 0 Å². The number of sulfone groups is 1. The highest BCUT2D eigenvalue weighted by atomic mass is 32.2. The third-order valence-corrected chi connectivity index (χ3v) is 7.45. The first-order valence-electron chi connectivity index (χ1n) is 10.6. The number of hydrogen-bond donors (Lipinski definition) is 0. The van der Waals surface area contributed by atoms with Crippen LogP contribution in [0.25, 0.3) is 5.69 Å². The molecule has 0 N–H and O–H groups in total. The van der Waals surface area contributed by atoms with E-state index in [0.717, 1.165) is 5.69 Å². The Morgan fingerprint density at radius 1 is 1.06 bits per heavy atom. The number of piperidine rings is 1. The molecule has 5 rings (SSSR count). The Kier molecular flexibility index (Phi) is 4.97. The van der Waals surface area contributed by atoms with E-state index in [0.29, 0.717) is 37.4 Å². The highest BCUT2D eigenvalue weighted by Crippen LogP contribution is 2.46. The van der Waals surface area contributed by atoms with Crippen LogP contribution in [0.15, 0.2) is 59.6 Å². The van der Waals surface area contributed by atoms with Crippen LogP contribution in [-0.2, 0) is 15.4 Å². The molecule has 0 saturated carbocycles. The third-order valence-electron chi connectivity index (χ3n) is 6.37. The average molecular weight is 471 g/mol. The van der Waals surface area contributed by atoms with Crippen molar-refractivity contribution in [2.45, 2.75) is 23.5 Å². The molecule has 0 atom stereocenters. The molecule has 1 fully saturated rings. The summed E-state index contributed by atoms with van der Waals surface area (Å²) in [4.78, 5) is 14.7. The molecule has 0 bridgehead atoms. The molecule has 7 nitrogen and oxygen atoms in total. The van der Waals surface area contributed by atoms with Gasteiger partial charge in [-0.1, -0.05) is 18.2 Å². The van der Waals surface area contributed by atoms with Crippen molar-refractivity contribution in [3.05, 3.63) is 71.7 Å². The molecule has 1 spiro atoms. The minimum Gasteiger partial charge on any atom is -0.496 e. The van der Waals surface area contributed by atoms with Crippen molar-refractivity contribution in [1.82, 2.24) is 9.47 Å². The van der Waals surface area contributed by atoms with Gasteiger partial charge in [-0.3, -0.25) is 9.36 Å². The van der Waals surface area contributed by atoms with Gasteiger partial charge in [-0.25, -0.2) is 12.8 Å². The van der Waals surface area contributed by atoms with E-state index in [1.54, 1.807) is 27.7 Å². The molecule has 9 heteroatoms. The van der Waals surface area contributed by atoms with Crippen LogP contribution < -0.4 is 9.47 Å². The molecule has 2 aliphatic heterocycles. The maximum atomic E-state index is 14.5. The van der Waals surface area contributed by atoms with Crippen LogP contribution in [0.2, 0.25) is 0 Å². The fourth-order valence-electron chi connectivity index (χ4n) is 4.77. The number of carbonyl (C=O) groups is 1. The largest absolute Gasteiger partial charge is 0.496 e. The first-order valence-corrected chi connectivity index (χ1v) is 12.5. The lowest BCUT2D eigenvalue weighted by atomic mass is 9.86. The van der Waals surface area contributed by atoms with Crippen molar-refractivity contribution in [1.29, 1.82) is 0 Å². The zero-order valence-corrected chi connectivity index (χ0v) is 19.1. The topological polar surface area (TPSA) is 77.8 Å². The summed E-state index contributed by atoms with van der Waals surface area (Å²) in [6.07, 6.45) is 2.04. The van der Waals surface area contributed by atoms with Gasteiger partial charge < -0.3 is 14.4 Å². The van der Waals surface area contributed by atoms with Crippen molar-refractivity contribution in [3.63, 3.8) is 0 Å². The van der Waals surface area contributed by atoms with Gasteiger partial charge >= 0.3 is 0 Å². The summed E-state index contributed by atoms with van der Waals surface area (Å²) in [5.41, 5.74) is 0.511. The lowest BCUT2D eigenvalue weighted by Crippen LogP contribution is -2.50. The lowest BCUT2D eigenvalue weighted by molar-refractivity contribution is -0.0101. The summed E-state index contributed by atoms with van der Waals surface area (Å²) in [5, 5.41) is 0.197. The molecule has 0 aliphatic carbocycles. The number of amides is 1. The number of fused-ring (bicyclic) bond motifs is 4. The standard InChI is InChI=1S/C24H23FN2O5S/c1-31-19-9-5-6-16(25)22(19)23(28)26-14-12-24(13-15-26)20-10-11-21(33(2,29)30)27(20)17-7-3-4-8-18(17)32-24/h3-11H,12-15H2,1-2H3. The maximum absolute atomic E-state index is 14.5. The third kappa shape index (κ3) is 3.38. The second-order valence-electron chi connectivity index (χ2n) is 8.34. The van der Waals surface area contributed by atoms with Crippen LogP contribution in [-0.4, -0.2) is 50.2 Å². The highest BCUT2D eigenvalue weighted by molar-refractivity contribution is 7.90. The molecular formula is C24H23FN2O5S. The molecule has 1 saturated heterocycles. The van der Waals surface area contributed by atoms with E-state index in [-0.39, 0.29) is 16.3 Å². The summed E-state index contributed by atoms with van der Waals surface area (Å²) < 4.78 is 52.8. The zero-order valence-electron chi connectivity index (χ0n) is 18.2. The Morgan fingerprint density at radius 3 is 2.48 bits per heavy atom. The monoisotopic (exact) mass is 470 g/mol. The van der Waals surface area contributed by atoms with Gasteiger partial charge in [0.1, 0.15) is 27.9 Å². The van der Waals surface area contributed by atoms with Crippen LogP contribution >= 0.6 is 0 Å². The molecular weight excluding hydrogens is 447 g/mol. The molecule has 1 aromatic heterocycles. The van der Waals surface area contributed by atoms with Gasteiger partial charge in [0, 0.05) is 32.2 Å². The van der Waals surface area contributed by atoms with Crippen LogP contribution in [0.4, 0.5) is 4.39 Å². The van der Waals surface area contributed by atoms with Crippen LogP contribution in [0, 0.1) is 5.82 Å². The molecule has 33 heavy (non-hydrogen) atoms. The highest BCUT2D eigenvalue weighted by Gasteiger charge is 2.46. The van der Waals surface area contributed by atoms with E-state index in [4.69, 9.17) is 9.47 Å². The zero-order chi connectivity index (χ0) is 23.4. The number of para-hydroxylation sites is 2. The second kappa shape index (κ2) is 7.62. The number of nitrogens with zero attached hydrogens (tertiary/aromatic N) is 2. The number of hydrogen-bond acceptors (Lipinski definition) is 5. The number of rotatable bonds is 3. The molecule has 1 amide bonds. The number of carbonyl (C=O) groups excluding carboxylic acids is 1. The fraction of sp³-hybridized carbons (Fsp3) is 0.292. The van der Waals surface area contributed by atoms with Gasteiger partial charge in [0.15, 0.2) is 15.4 Å². The van der Waals surface area contributed by atoms with Gasteiger partial charge in [0.2, 0.25) is 0 Å². The number of halogens is 1.